The van der Waals surface area contributed by atoms with Crippen molar-refractivity contribution in [3.8, 4) is 0 Å². The molecule has 1 aromatic rings. The molecule has 0 fully saturated rings. The lowest BCUT2D eigenvalue weighted by Crippen LogP contribution is -2.38. The SMILES string of the molecule is Cc1ccc(S(=O)(=O)NC(C)C(C)CO)cc1. The Bertz CT molecular complexity index is 453. The van der Waals surface area contributed by atoms with E-state index in [1.165, 1.54) is 0 Å². The van der Waals surface area contributed by atoms with E-state index >= 15 is 0 Å². The first kappa shape index (κ1) is 14.2. The zero-order valence-corrected chi connectivity index (χ0v) is 11.2. The highest BCUT2D eigenvalue weighted by molar-refractivity contribution is 7.89. The number of aliphatic hydroxyl groups is 1. The zero-order chi connectivity index (χ0) is 13.1. The van der Waals surface area contributed by atoms with E-state index in [2.05, 4.69) is 4.72 Å². The summed E-state index contributed by atoms with van der Waals surface area (Å²) in [7, 11) is -3.49. The average molecular weight is 257 g/mol. The molecule has 0 heterocycles. The first-order valence-corrected chi connectivity index (χ1v) is 7.05. The third-order valence-corrected chi connectivity index (χ3v) is 4.39. The van der Waals surface area contributed by atoms with Crippen LogP contribution >= 0.6 is 0 Å². The minimum absolute atomic E-state index is 0.0441. The van der Waals surface area contributed by atoms with Crippen molar-refractivity contribution in [2.75, 3.05) is 6.61 Å². The van der Waals surface area contributed by atoms with Gasteiger partial charge in [-0.2, -0.15) is 0 Å². The van der Waals surface area contributed by atoms with Gasteiger partial charge in [-0.1, -0.05) is 24.6 Å². The monoisotopic (exact) mass is 257 g/mol. The summed E-state index contributed by atoms with van der Waals surface area (Å²) in [6.07, 6.45) is 0. The Morgan fingerprint density at radius 2 is 1.76 bits per heavy atom. The molecule has 0 aliphatic heterocycles. The molecule has 0 spiro atoms. The largest absolute Gasteiger partial charge is 0.396 e. The van der Waals surface area contributed by atoms with Gasteiger partial charge in [-0.25, -0.2) is 13.1 Å². The van der Waals surface area contributed by atoms with E-state index in [1.54, 1.807) is 38.1 Å². The van der Waals surface area contributed by atoms with Crippen molar-refractivity contribution in [3.05, 3.63) is 29.8 Å². The molecule has 1 rings (SSSR count). The molecule has 1 aromatic carbocycles. The third kappa shape index (κ3) is 3.80. The van der Waals surface area contributed by atoms with Crippen LogP contribution in [0.1, 0.15) is 19.4 Å². The molecule has 5 heteroatoms. The Kier molecular flexibility index (Phi) is 4.68. The van der Waals surface area contributed by atoms with Gasteiger partial charge >= 0.3 is 0 Å². The second kappa shape index (κ2) is 5.62. The minimum Gasteiger partial charge on any atom is -0.396 e. The Labute approximate surface area is 103 Å². The highest BCUT2D eigenvalue weighted by atomic mass is 32.2. The van der Waals surface area contributed by atoms with E-state index in [9.17, 15) is 8.42 Å². The molecular weight excluding hydrogens is 238 g/mol. The fraction of sp³-hybridized carbons (Fsp3) is 0.500. The first-order valence-electron chi connectivity index (χ1n) is 5.56. The molecule has 0 bridgehead atoms. The number of sulfonamides is 1. The number of aliphatic hydroxyl groups excluding tert-OH is 1. The van der Waals surface area contributed by atoms with Gasteiger partial charge in [0, 0.05) is 12.6 Å². The fourth-order valence-corrected chi connectivity index (χ4v) is 2.66. The highest BCUT2D eigenvalue weighted by Gasteiger charge is 2.20. The third-order valence-electron chi connectivity index (χ3n) is 2.81. The summed E-state index contributed by atoms with van der Waals surface area (Å²) in [5.41, 5.74) is 1.01. The summed E-state index contributed by atoms with van der Waals surface area (Å²) in [4.78, 5) is 0.250. The summed E-state index contributed by atoms with van der Waals surface area (Å²) >= 11 is 0. The average Bonchev–Trinajstić information content (AvgIpc) is 2.27. The maximum atomic E-state index is 12.0. The van der Waals surface area contributed by atoms with Crippen molar-refractivity contribution in [3.63, 3.8) is 0 Å². The molecule has 0 aliphatic rings. The van der Waals surface area contributed by atoms with Gasteiger partial charge in [0.05, 0.1) is 4.90 Å². The van der Waals surface area contributed by atoms with Crippen LogP contribution in [0.15, 0.2) is 29.2 Å². The molecule has 2 N–H and O–H groups in total. The number of aryl methyl sites for hydroxylation is 1. The van der Waals surface area contributed by atoms with Crippen LogP contribution < -0.4 is 4.72 Å². The summed E-state index contributed by atoms with van der Waals surface area (Å²) in [6.45, 7) is 5.40. The molecule has 0 amide bonds. The summed E-state index contributed by atoms with van der Waals surface area (Å²) < 4.78 is 26.5. The van der Waals surface area contributed by atoms with Gasteiger partial charge in [0.15, 0.2) is 0 Å². The van der Waals surface area contributed by atoms with E-state index in [-0.39, 0.29) is 23.5 Å². The van der Waals surface area contributed by atoms with Crippen molar-refractivity contribution >= 4 is 10.0 Å². The van der Waals surface area contributed by atoms with Crippen molar-refractivity contribution in [2.45, 2.75) is 31.7 Å². The predicted octanol–water partition coefficient (Wildman–Crippen LogP) is 1.29. The Morgan fingerprint density at radius 1 is 1.24 bits per heavy atom. The second-order valence-electron chi connectivity index (χ2n) is 4.38. The van der Waals surface area contributed by atoms with E-state index in [1.807, 2.05) is 6.92 Å². The van der Waals surface area contributed by atoms with Crippen LogP contribution in [0, 0.1) is 12.8 Å². The van der Waals surface area contributed by atoms with Crippen LogP contribution in [0.2, 0.25) is 0 Å². The molecule has 2 atom stereocenters. The molecule has 0 radical (unpaired) electrons. The topological polar surface area (TPSA) is 66.4 Å². The fourth-order valence-electron chi connectivity index (χ4n) is 1.30. The van der Waals surface area contributed by atoms with Crippen LogP contribution in [-0.4, -0.2) is 26.2 Å². The van der Waals surface area contributed by atoms with Crippen molar-refractivity contribution in [1.29, 1.82) is 0 Å². The Balaban J connectivity index is 2.85. The lowest BCUT2D eigenvalue weighted by Gasteiger charge is -2.19. The van der Waals surface area contributed by atoms with E-state index in [0.29, 0.717) is 0 Å². The van der Waals surface area contributed by atoms with Crippen LogP contribution in [0.5, 0.6) is 0 Å². The van der Waals surface area contributed by atoms with E-state index in [4.69, 9.17) is 5.11 Å². The van der Waals surface area contributed by atoms with Gasteiger partial charge in [-0.15, -0.1) is 0 Å². The summed E-state index contributed by atoms with van der Waals surface area (Å²) in [5, 5.41) is 8.97. The van der Waals surface area contributed by atoms with E-state index < -0.39 is 10.0 Å². The second-order valence-corrected chi connectivity index (χ2v) is 6.10. The van der Waals surface area contributed by atoms with Crippen molar-refractivity contribution in [1.82, 2.24) is 4.72 Å². The Morgan fingerprint density at radius 3 is 2.24 bits per heavy atom. The minimum atomic E-state index is -3.49. The standard InChI is InChI=1S/C12H19NO3S/c1-9-4-6-12(7-5-9)17(15,16)13-11(3)10(2)8-14/h4-7,10-11,13-14H,8H2,1-3H3. The molecular formula is C12H19NO3S. The smallest absolute Gasteiger partial charge is 0.240 e. The van der Waals surface area contributed by atoms with Crippen molar-refractivity contribution < 1.29 is 13.5 Å². The van der Waals surface area contributed by atoms with Crippen LogP contribution in [0.25, 0.3) is 0 Å². The number of nitrogens with one attached hydrogen (secondary N) is 1. The Hall–Kier alpha value is -0.910. The maximum absolute atomic E-state index is 12.0. The quantitative estimate of drug-likeness (QED) is 0.835. The first-order chi connectivity index (χ1) is 7.86. The zero-order valence-electron chi connectivity index (χ0n) is 10.3. The summed E-state index contributed by atoms with van der Waals surface area (Å²) in [6, 6.07) is 6.37. The van der Waals surface area contributed by atoms with Gasteiger partial charge in [-0.3, -0.25) is 0 Å². The van der Waals surface area contributed by atoms with Crippen molar-refractivity contribution in [2.24, 2.45) is 5.92 Å². The van der Waals surface area contributed by atoms with Gasteiger partial charge in [0.1, 0.15) is 0 Å². The molecule has 0 saturated carbocycles. The molecule has 2 unspecified atom stereocenters. The predicted molar refractivity (Wildman–Crippen MR) is 67.2 cm³/mol. The maximum Gasteiger partial charge on any atom is 0.240 e. The van der Waals surface area contributed by atoms with Crippen LogP contribution in [0.4, 0.5) is 0 Å². The summed E-state index contributed by atoms with van der Waals surface area (Å²) in [5.74, 6) is -0.116. The van der Waals surface area contributed by atoms with E-state index in [0.717, 1.165) is 5.56 Å². The molecule has 0 saturated heterocycles. The molecule has 17 heavy (non-hydrogen) atoms. The normalized spacial score (nSPS) is 15.5. The molecule has 0 aliphatic carbocycles. The van der Waals surface area contributed by atoms with Gasteiger partial charge < -0.3 is 5.11 Å². The molecule has 96 valence electrons. The molecule has 4 nitrogen and oxygen atoms in total. The lowest BCUT2D eigenvalue weighted by molar-refractivity contribution is 0.216. The number of benzene rings is 1. The van der Waals surface area contributed by atoms with Crippen LogP contribution in [-0.2, 0) is 10.0 Å². The van der Waals surface area contributed by atoms with Gasteiger partial charge in [0.2, 0.25) is 10.0 Å². The number of hydrogen-bond donors (Lipinski definition) is 2. The number of rotatable bonds is 5. The van der Waals surface area contributed by atoms with Gasteiger partial charge in [-0.05, 0) is 31.9 Å². The lowest BCUT2D eigenvalue weighted by atomic mass is 10.1. The highest BCUT2D eigenvalue weighted by Crippen LogP contribution is 2.12. The van der Waals surface area contributed by atoms with Gasteiger partial charge in [0.25, 0.3) is 0 Å². The molecule has 0 aromatic heterocycles. The number of hydrogen-bond acceptors (Lipinski definition) is 3. The van der Waals surface area contributed by atoms with Crippen LogP contribution in [0.3, 0.4) is 0 Å².